The number of rotatable bonds is 30. The summed E-state index contributed by atoms with van der Waals surface area (Å²) >= 11 is 0. The van der Waals surface area contributed by atoms with Crippen molar-refractivity contribution in [2.45, 2.75) is 187 Å². The first-order valence-electron chi connectivity index (χ1n) is 16.1. The van der Waals surface area contributed by atoms with E-state index in [0.717, 1.165) is 25.7 Å². The Kier molecular flexibility index (Phi) is 35.2. The predicted octanol–water partition coefficient (Wildman–Crippen LogP) is 7.66. The molecule has 0 spiro atoms. The SMILES string of the molecule is CCCCCCCCCCCCCCCCCCCCCCC(CCCCCCC)COS(=O)(=O)[O-].[K+]. The van der Waals surface area contributed by atoms with E-state index in [1.165, 1.54) is 148 Å². The molecule has 0 amide bonds. The monoisotopic (exact) mass is 570 g/mol. The Morgan fingerprint density at radius 3 is 0.973 bits per heavy atom. The van der Waals surface area contributed by atoms with Crippen LogP contribution in [0.2, 0.25) is 0 Å². The van der Waals surface area contributed by atoms with Crippen molar-refractivity contribution in [2.75, 3.05) is 6.61 Å². The molecule has 218 valence electrons. The van der Waals surface area contributed by atoms with E-state index < -0.39 is 10.4 Å². The molecule has 0 fully saturated rings. The molecule has 0 aromatic heterocycles. The normalized spacial score (nSPS) is 12.5. The molecule has 1 unspecified atom stereocenters. The summed E-state index contributed by atoms with van der Waals surface area (Å²) in [6.45, 7) is 4.56. The van der Waals surface area contributed by atoms with E-state index in [4.69, 9.17) is 0 Å². The minimum atomic E-state index is -4.57. The van der Waals surface area contributed by atoms with E-state index in [2.05, 4.69) is 18.0 Å². The van der Waals surface area contributed by atoms with Gasteiger partial charge >= 0.3 is 51.4 Å². The number of hydrogen-bond donors (Lipinski definition) is 0. The Balaban J connectivity index is 0. The minimum Gasteiger partial charge on any atom is -0.726 e. The molecule has 0 aliphatic heterocycles. The molecule has 0 saturated heterocycles. The summed E-state index contributed by atoms with van der Waals surface area (Å²) in [5.41, 5.74) is 0. The zero-order chi connectivity index (χ0) is 26.6. The van der Waals surface area contributed by atoms with Crippen LogP contribution >= 0.6 is 0 Å². The van der Waals surface area contributed by atoms with Crippen molar-refractivity contribution < 1.29 is 68.5 Å². The second-order valence-corrected chi connectivity index (χ2v) is 12.3. The Morgan fingerprint density at radius 1 is 0.486 bits per heavy atom. The third-order valence-electron chi connectivity index (χ3n) is 7.63. The van der Waals surface area contributed by atoms with Gasteiger partial charge in [0.2, 0.25) is 10.4 Å². The van der Waals surface area contributed by atoms with Crippen LogP contribution in [-0.4, -0.2) is 19.6 Å². The van der Waals surface area contributed by atoms with Crippen LogP contribution in [0.4, 0.5) is 0 Å². The summed E-state index contributed by atoms with van der Waals surface area (Å²) in [5.74, 6) is 0.200. The smallest absolute Gasteiger partial charge is 0.726 e. The molecule has 37 heavy (non-hydrogen) atoms. The van der Waals surface area contributed by atoms with Crippen LogP contribution in [0, 0.1) is 5.92 Å². The number of hydrogen-bond acceptors (Lipinski definition) is 4. The third-order valence-corrected chi connectivity index (χ3v) is 8.05. The standard InChI is InChI=1S/C31H64O4S.K/c1-3-5-7-9-10-11-12-13-14-15-16-17-18-19-20-21-22-23-25-27-29-31(30-35-36(32,33)34)28-26-24-8-6-4-2;/h31H,3-30H2,1-2H3,(H,32,33,34);/q;+1/p-1. The van der Waals surface area contributed by atoms with Crippen molar-refractivity contribution in [2.24, 2.45) is 5.92 Å². The van der Waals surface area contributed by atoms with E-state index in [9.17, 15) is 13.0 Å². The van der Waals surface area contributed by atoms with Gasteiger partial charge in [-0.2, -0.15) is 0 Å². The second kappa shape index (κ2) is 32.0. The fourth-order valence-electron chi connectivity index (χ4n) is 5.22. The van der Waals surface area contributed by atoms with Gasteiger partial charge in [-0.25, -0.2) is 8.42 Å². The van der Waals surface area contributed by atoms with Crippen molar-refractivity contribution >= 4 is 10.4 Å². The van der Waals surface area contributed by atoms with Crippen LogP contribution < -0.4 is 51.4 Å². The van der Waals surface area contributed by atoms with Gasteiger partial charge in [-0.15, -0.1) is 0 Å². The molecule has 0 aliphatic rings. The van der Waals surface area contributed by atoms with Crippen LogP contribution in [0.5, 0.6) is 0 Å². The van der Waals surface area contributed by atoms with Gasteiger partial charge in [0, 0.05) is 0 Å². The Morgan fingerprint density at radius 2 is 0.730 bits per heavy atom. The van der Waals surface area contributed by atoms with Gasteiger partial charge in [0.05, 0.1) is 6.61 Å². The molecule has 0 N–H and O–H groups in total. The van der Waals surface area contributed by atoms with Crippen molar-refractivity contribution in [3.63, 3.8) is 0 Å². The minimum absolute atomic E-state index is 0. The van der Waals surface area contributed by atoms with Crippen molar-refractivity contribution in [3.8, 4) is 0 Å². The quantitative estimate of drug-likeness (QED) is 0.0385. The van der Waals surface area contributed by atoms with E-state index in [1.54, 1.807) is 0 Å². The topological polar surface area (TPSA) is 66.4 Å². The first-order valence-corrected chi connectivity index (χ1v) is 17.4. The summed E-state index contributed by atoms with van der Waals surface area (Å²) in [6, 6.07) is 0. The van der Waals surface area contributed by atoms with Crippen LogP contribution in [0.1, 0.15) is 187 Å². The van der Waals surface area contributed by atoms with Gasteiger partial charge in [0.25, 0.3) is 0 Å². The summed E-state index contributed by atoms with van der Waals surface area (Å²) in [7, 11) is -4.57. The maximum atomic E-state index is 10.8. The average molecular weight is 571 g/mol. The van der Waals surface area contributed by atoms with Crippen LogP contribution in [0.25, 0.3) is 0 Å². The van der Waals surface area contributed by atoms with Crippen molar-refractivity contribution in [1.82, 2.24) is 0 Å². The summed E-state index contributed by atoms with van der Waals surface area (Å²) in [6.07, 6.45) is 35.5. The van der Waals surface area contributed by atoms with E-state index >= 15 is 0 Å². The predicted molar refractivity (Wildman–Crippen MR) is 155 cm³/mol. The molecule has 0 rings (SSSR count). The molecule has 0 radical (unpaired) electrons. The fourth-order valence-corrected chi connectivity index (χ4v) is 5.57. The van der Waals surface area contributed by atoms with E-state index in [-0.39, 0.29) is 63.9 Å². The van der Waals surface area contributed by atoms with Gasteiger partial charge in [0.15, 0.2) is 0 Å². The fraction of sp³-hybridized carbons (Fsp3) is 1.00. The Labute approximate surface area is 276 Å². The van der Waals surface area contributed by atoms with Crippen molar-refractivity contribution in [3.05, 3.63) is 0 Å². The first kappa shape index (κ1) is 40.6. The second-order valence-electron chi connectivity index (χ2n) is 11.3. The number of unbranched alkanes of at least 4 members (excludes halogenated alkanes) is 23. The largest absolute Gasteiger partial charge is 1.00 e. The zero-order valence-electron chi connectivity index (χ0n) is 25.4. The summed E-state index contributed by atoms with van der Waals surface area (Å²) in [5, 5.41) is 0. The molecule has 4 nitrogen and oxygen atoms in total. The molecule has 0 bridgehead atoms. The molecule has 6 heteroatoms. The maximum absolute atomic E-state index is 10.8. The molecule has 0 saturated carbocycles. The van der Waals surface area contributed by atoms with Crippen LogP contribution in [0.3, 0.4) is 0 Å². The van der Waals surface area contributed by atoms with E-state index in [0.29, 0.717) is 0 Å². The van der Waals surface area contributed by atoms with Gasteiger partial charge in [-0.05, 0) is 18.8 Å². The third kappa shape index (κ3) is 35.5. The molecular formula is C31H63KO4S. The molecule has 0 aliphatic carbocycles. The Hall–Kier alpha value is 1.51. The van der Waals surface area contributed by atoms with Crippen molar-refractivity contribution in [1.29, 1.82) is 0 Å². The van der Waals surface area contributed by atoms with Gasteiger partial charge < -0.3 is 4.55 Å². The molecule has 0 heterocycles. The molecule has 0 aromatic carbocycles. The van der Waals surface area contributed by atoms with Gasteiger partial charge in [-0.3, -0.25) is 4.18 Å². The zero-order valence-corrected chi connectivity index (χ0v) is 29.4. The molecule has 0 aromatic rings. The van der Waals surface area contributed by atoms with Gasteiger partial charge in [-0.1, -0.05) is 174 Å². The van der Waals surface area contributed by atoms with Crippen LogP contribution in [-0.2, 0) is 14.6 Å². The average Bonchev–Trinajstić information content (AvgIpc) is 2.84. The maximum Gasteiger partial charge on any atom is 1.00 e. The summed E-state index contributed by atoms with van der Waals surface area (Å²) < 4.78 is 37.1. The van der Waals surface area contributed by atoms with Gasteiger partial charge in [0.1, 0.15) is 0 Å². The molecule has 1 atom stereocenters. The first-order chi connectivity index (χ1) is 17.5. The van der Waals surface area contributed by atoms with E-state index in [1.807, 2.05) is 0 Å². The summed E-state index contributed by atoms with van der Waals surface area (Å²) in [4.78, 5) is 0. The molecular weight excluding hydrogens is 508 g/mol. The van der Waals surface area contributed by atoms with Crippen LogP contribution in [0.15, 0.2) is 0 Å². The Bertz CT molecular complexity index is 527.